The lowest BCUT2D eigenvalue weighted by Crippen LogP contribution is -2.21. The largest absolute Gasteiger partial charge is 0.482 e. The second-order valence-corrected chi connectivity index (χ2v) is 5.43. The van der Waals surface area contributed by atoms with Crippen molar-refractivity contribution in [3.05, 3.63) is 52.5 Å². The first kappa shape index (κ1) is 17.1. The lowest BCUT2D eigenvalue weighted by molar-refractivity contribution is -0.118. The van der Waals surface area contributed by atoms with E-state index >= 15 is 0 Å². The molecule has 2 aromatic carbocycles. The molecule has 5 nitrogen and oxygen atoms in total. The molecule has 2 N–H and O–H groups in total. The molecule has 0 fully saturated rings. The van der Waals surface area contributed by atoms with Crippen LogP contribution in [0.2, 0.25) is 10.0 Å². The molecule has 0 unspecified atom stereocenters. The van der Waals surface area contributed by atoms with E-state index in [1.54, 1.807) is 42.5 Å². The van der Waals surface area contributed by atoms with E-state index < -0.39 is 5.91 Å². The maximum absolute atomic E-state index is 12.0. The summed E-state index contributed by atoms with van der Waals surface area (Å²) in [6.45, 7) is 1.14. The Morgan fingerprint density at radius 2 is 1.65 bits per heavy atom. The Kier molecular flexibility index (Phi) is 5.84. The Morgan fingerprint density at radius 3 is 2.30 bits per heavy atom. The first-order valence-corrected chi connectivity index (χ1v) is 7.46. The number of ether oxygens (including phenoxy) is 1. The molecule has 0 saturated heterocycles. The Balaban J connectivity index is 2.01. The fraction of sp³-hybridized carbons (Fsp3) is 0.125. The number of rotatable bonds is 5. The van der Waals surface area contributed by atoms with Gasteiger partial charge in [-0.05, 0) is 24.3 Å². The van der Waals surface area contributed by atoms with Crippen LogP contribution < -0.4 is 15.4 Å². The predicted octanol–water partition coefficient (Wildman–Crippen LogP) is 3.97. The van der Waals surface area contributed by atoms with Gasteiger partial charge in [0.05, 0.1) is 21.4 Å². The normalized spacial score (nSPS) is 10.0. The van der Waals surface area contributed by atoms with E-state index in [-0.39, 0.29) is 12.5 Å². The molecule has 2 rings (SSSR count). The Hall–Kier alpha value is -2.24. The lowest BCUT2D eigenvalue weighted by atomic mass is 10.3. The van der Waals surface area contributed by atoms with Crippen LogP contribution in [-0.4, -0.2) is 18.4 Å². The summed E-state index contributed by atoms with van der Waals surface area (Å²) in [6.07, 6.45) is 0. The number of benzene rings is 2. The Labute approximate surface area is 143 Å². The van der Waals surface area contributed by atoms with Crippen LogP contribution in [-0.2, 0) is 9.59 Å². The van der Waals surface area contributed by atoms with Crippen molar-refractivity contribution in [1.82, 2.24) is 0 Å². The molecule has 0 aliphatic rings. The molecular formula is C16H14Cl2N2O3. The van der Waals surface area contributed by atoms with E-state index in [0.29, 0.717) is 27.2 Å². The summed E-state index contributed by atoms with van der Waals surface area (Å²) in [5.41, 5.74) is 0.822. The Bertz CT molecular complexity index is 715. The maximum Gasteiger partial charge on any atom is 0.262 e. The average Bonchev–Trinajstić information content (AvgIpc) is 2.50. The molecule has 0 heterocycles. The molecule has 0 aromatic heterocycles. The van der Waals surface area contributed by atoms with E-state index in [1.807, 2.05) is 0 Å². The number of carbonyl (C=O) groups excluding carboxylic acids is 2. The molecule has 0 radical (unpaired) electrons. The first-order chi connectivity index (χ1) is 11.0. The van der Waals surface area contributed by atoms with Gasteiger partial charge in [-0.3, -0.25) is 9.59 Å². The summed E-state index contributed by atoms with van der Waals surface area (Å²) in [4.78, 5) is 23.1. The van der Waals surface area contributed by atoms with Gasteiger partial charge in [0.25, 0.3) is 5.91 Å². The Morgan fingerprint density at radius 1 is 1.00 bits per heavy atom. The van der Waals surface area contributed by atoms with Crippen LogP contribution >= 0.6 is 23.2 Å². The molecule has 0 aliphatic heterocycles. The lowest BCUT2D eigenvalue weighted by Gasteiger charge is -2.12. The van der Waals surface area contributed by atoms with E-state index in [4.69, 9.17) is 27.9 Å². The molecular weight excluding hydrogens is 339 g/mol. The van der Waals surface area contributed by atoms with Gasteiger partial charge in [0.1, 0.15) is 5.75 Å². The number of amides is 2. The monoisotopic (exact) mass is 352 g/mol. The van der Waals surface area contributed by atoms with Gasteiger partial charge in [-0.15, -0.1) is 0 Å². The maximum atomic E-state index is 12.0. The molecule has 0 atom stereocenters. The smallest absolute Gasteiger partial charge is 0.262 e. The van der Waals surface area contributed by atoms with E-state index in [2.05, 4.69) is 10.6 Å². The highest BCUT2D eigenvalue weighted by Crippen LogP contribution is 2.30. The topological polar surface area (TPSA) is 67.4 Å². The van der Waals surface area contributed by atoms with Crippen molar-refractivity contribution in [3.63, 3.8) is 0 Å². The fourth-order valence-electron chi connectivity index (χ4n) is 1.82. The molecule has 0 bridgehead atoms. The molecule has 7 heteroatoms. The number of hydrogen-bond donors (Lipinski definition) is 2. The third-order valence-electron chi connectivity index (χ3n) is 2.78. The second-order valence-electron chi connectivity index (χ2n) is 4.61. The van der Waals surface area contributed by atoms with Crippen LogP contribution in [0.25, 0.3) is 0 Å². The quantitative estimate of drug-likeness (QED) is 0.855. The SMILES string of the molecule is CC(=O)Nc1ccccc1OCC(=O)Nc1c(Cl)cccc1Cl. The highest BCUT2D eigenvalue weighted by molar-refractivity contribution is 6.39. The molecule has 0 saturated carbocycles. The van der Waals surface area contributed by atoms with Crippen LogP contribution in [0, 0.1) is 0 Å². The van der Waals surface area contributed by atoms with Crippen molar-refractivity contribution >= 4 is 46.4 Å². The molecule has 2 aromatic rings. The van der Waals surface area contributed by atoms with E-state index in [1.165, 1.54) is 6.92 Å². The summed E-state index contributed by atoms with van der Waals surface area (Å²) >= 11 is 12.0. The van der Waals surface area contributed by atoms with Crippen LogP contribution in [0.5, 0.6) is 5.75 Å². The zero-order valence-electron chi connectivity index (χ0n) is 12.2. The minimum Gasteiger partial charge on any atom is -0.482 e. The molecule has 0 aliphatic carbocycles. The van der Waals surface area contributed by atoms with Crippen LogP contribution in [0.3, 0.4) is 0 Å². The van der Waals surface area contributed by atoms with Gasteiger partial charge >= 0.3 is 0 Å². The van der Waals surface area contributed by atoms with Crippen molar-refractivity contribution in [2.45, 2.75) is 6.92 Å². The summed E-state index contributed by atoms with van der Waals surface area (Å²) in [5.74, 6) is -0.255. The van der Waals surface area contributed by atoms with Gasteiger partial charge in [-0.1, -0.05) is 41.4 Å². The van der Waals surface area contributed by atoms with Gasteiger partial charge in [-0.2, -0.15) is 0 Å². The number of nitrogens with one attached hydrogen (secondary N) is 2. The van der Waals surface area contributed by atoms with Gasteiger partial charge in [0.15, 0.2) is 6.61 Å². The number of halogens is 2. The minimum absolute atomic E-state index is 0.228. The number of carbonyl (C=O) groups is 2. The average molecular weight is 353 g/mol. The number of hydrogen-bond acceptors (Lipinski definition) is 3. The number of para-hydroxylation sites is 3. The van der Waals surface area contributed by atoms with Crippen LogP contribution in [0.4, 0.5) is 11.4 Å². The van der Waals surface area contributed by atoms with Crippen molar-refractivity contribution in [1.29, 1.82) is 0 Å². The number of anilines is 2. The second kappa shape index (κ2) is 7.85. The van der Waals surface area contributed by atoms with Gasteiger partial charge in [0.2, 0.25) is 5.91 Å². The van der Waals surface area contributed by atoms with Crippen molar-refractivity contribution in [3.8, 4) is 5.75 Å². The minimum atomic E-state index is -0.419. The van der Waals surface area contributed by atoms with E-state index in [9.17, 15) is 9.59 Å². The zero-order chi connectivity index (χ0) is 16.8. The van der Waals surface area contributed by atoms with Gasteiger partial charge in [-0.25, -0.2) is 0 Å². The fourth-order valence-corrected chi connectivity index (χ4v) is 2.31. The van der Waals surface area contributed by atoms with Crippen molar-refractivity contribution < 1.29 is 14.3 Å². The highest BCUT2D eigenvalue weighted by atomic mass is 35.5. The summed E-state index contributed by atoms with van der Waals surface area (Å²) in [5, 5.41) is 5.90. The summed E-state index contributed by atoms with van der Waals surface area (Å²) in [6, 6.07) is 11.7. The molecule has 0 spiro atoms. The molecule has 2 amide bonds. The molecule has 120 valence electrons. The van der Waals surface area contributed by atoms with Crippen molar-refractivity contribution in [2.24, 2.45) is 0 Å². The van der Waals surface area contributed by atoms with Crippen molar-refractivity contribution in [2.75, 3.05) is 17.2 Å². The highest BCUT2D eigenvalue weighted by Gasteiger charge is 2.11. The standard InChI is InChI=1S/C16H14Cl2N2O3/c1-10(21)19-13-7-2-3-8-14(13)23-9-15(22)20-16-11(17)5-4-6-12(16)18/h2-8H,9H2,1H3,(H,19,21)(H,20,22). The zero-order valence-corrected chi connectivity index (χ0v) is 13.7. The predicted molar refractivity (Wildman–Crippen MR) is 91.3 cm³/mol. The molecule has 23 heavy (non-hydrogen) atoms. The van der Waals surface area contributed by atoms with Gasteiger partial charge < -0.3 is 15.4 Å². The third kappa shape index (κ3) is 4.87. The van der Waals surface area contributed by atoms with Gasteiger partial charge in [0, 0.05) is 6.92 Å². The summed E-state index contributed by atoms with van der Waals surface area (Å²) in [7, 11) is 0. The van der Waals surface area contributed by atoms with E-state index in [0.717, 1.165) is 0 Å². The van der Waals surface area contributed by atoms with Crippen LogP contribution in [0.15, 0.2) is 42.5 Å². The van der Waals surface area contributed by atoms with Crippen LogP contribution in [0.1, 0.15) is 6.92 Å². The third-order valence-corrected chi connectivity index (χ3v) is 3.41. The first-order valence-electron chi connectivity index (χ1n) is 6.70. The summed E-state index contributed by atoms with van der Waals surface area (Å²) < 4.78 is 5.44.